The highest BCUT2D eigenvalue weighted by Gasteiger charge is 2.41. The molecule has 1 saturated heterocycles. The van der Waals surface area contributed by atoms with Crippen molar-refractivity contribution < 1.29 is 23.8 Å². The molecule has 0 aliphatic carbocycles. The Balaban J connectivity index is 1.88. The Bertz CT molecular complexity index is 887. The molecule has 1 heterocycles. The Morgan fingerprint density at radius 2 is 1.81 bits per heavy atom. The van der Waals surface area contributed by atoms with E-state index >= 15 is 0 Å². The first-order chi connectivity index (χ1) is 15.1. The lowest BCUT2D eigenvalue weighted by Crippen LogP contribution is -2.36. The molecule has 1 N–H and O–H groups in total. The molecular formula is C24H30N2O5. The number of nitrogens with zero attached hydrogens (tertiary/aromatic N) is 1. The largest absolute Gasteiger partial charge is 0.497 e. The quantitative estimate of drug-likeness (QED) is 0.624. The van der Waals surface area contributed by atoms with Crippen LogP contribution >= 0.6 is 0 Å². The fourth-order valence-electron chi connectivity index (χ4n) is 4.00. The molecule has 2 amide bonds. The summed E-state index contributed by atoms with van der Waals surface area (Å²) in [6.07, 6.45) is 0.731. The highest BCUT2D eigenvalue weighted by Crippen LogP contribution is 2.40. The van der Waals surface area contributed by atoms with Crippen molar-refractivity contribution in [3.05, 3.63) is 59.7 Å². The average Bonchev–Trinajstić information content (AvgIpc) is 3.26. The van der Waals surface area contributed by atoms with Crippen molar-refractivity contribution in [2.45, 2.75) is 12.3 Å². The summed E-state index contributed by atoms with van der Waals surface area (Å²) in [7, 11) is 4.84. The Hall–Kier alpha value is -3.06. The number of carbonyl (C=O) groups excluding carboxylic acids is 2. The minimum absolute atomic E-state index is 0.0747. The summed E-state index contributed by atoms with van der Waals surface area (Å²) in [5.74, 6) is 0.604. The van der Waals surface area contributed by atoms with Gasteiger partial charge < -0.3 is 24.4 Å². The van der Waals surface area contributed by atoms with E-state index in [4.69, 9.17) is 14.2 Å². The summed E-state index contributed by atoms with van der Waals surface area (Å²) in [6.45, 7) is 1.87. The summed E-state index contributed by atoms with van der Waals surface area (Å²) in [5.41, 5.74) is 1.47. The van der Waals surface area contributed by atoms with Gasteiger partial charge in [-0.1, -0.05) is 18.2 Å². The number of methoxy groups -OCH3 is 3. The van der Waals surface area contributed by atoms with Crippen molar-refractivity contribution in [3.63, 3.8) is 0 Å². The minimum atomic E-state index is -0.392. The number of ether oxygens (including phenoxy) is 3. The third kappa shape index (κ3) is 5.35. The Labute approximate surface area is 183 Å². The predicted molar refractivity (Wildman–Crippen MR) is 118 cm³/mol. The van der Waals surface area contributed by atoms with Gasteiger partial charge in [-0.3, -0.25) is 9.59 Å². The lowest BCUT2D eigenvalue weighted by atomic mass is 9.87. The van der Waals surface area contributed by atoms with E-state index in [0.29, 0.717) is 43.3 Å². The van der Waals surface area contributed by atoms with E-state index in [1.807, 2.05) is 36.4 Å². The van der Waals surface area contributed by atoms with Crippen molar-refractivity contribution in [1.82, 2.24) is 10.2 Å². The zero-order valence-corrected chi connectivity index (χ0v) is 18.3. The molecule has 3 rings (SSSR count). The zero-order chi connectivity index (χ0) is 22.2. The maximum Gasteiger partial charge on any atom is 0.253 e. The maximum absolute atomic E-state index is 13.1. The van der Waals surface area contributed by atoms with E-state index in [-0.39, 0.29) is 17.7 Å². The van der Waals surface area contributed by atoms with Crippen LogP contribution in [-0.4, -0.2) is 64.3 Å². The summed E-state index contributed by atoms with van der Waals surface area (Å²) >= 11 is 0. The van der Waals surface area contributed by atoms with Crippen LogP contribution in [0.25, 0.3) is 0 Å². The van der Waals surface area contributed by atoms with Crippen LogP contribution in [0.4, 0.5) is 0 Å². The molecule has 2 aromatic carbocycles. The Morgan fingerprint density at radius 3 is 2.48 bits per heavy atom. The zero-order valence-electron chi connectivity index (χ0n) is 18.3. The van der Waals surface area contributed by atoms with Gasteiger partial charge in [0.15, 0.2) is 0 Å². The second kappa shape index (κ2) is 10.8. The molecule has 2 atom stereocenters. The van der Waals surface area contributed by atoms with Gasteiger partial charge in [0.25, 0.3) is 5.91 Å². The topological polar surface area (TPSA) is 77.1 Å². The van der Waals surface area contributed by atoms with E-state index in [2.05, 4.69) is 5.32 Å². The van der Waals surface area contributed by atoms with E-state index in [9.17, 15) is 9.59 Å². The van der Waals surface area contributed by atoms with Gasteiger partial charge in [-0.2, -0.15) is 0 Å². The van der Waals surface area contributed by atoms with E-state index in [1.54, 1.807) is 38.4 Å². The van der Waals surface area contributed by atoms with Gasteiger partial charge in [-0.25, -0.2) is 0 Å². The molecule has 1 aliphatic heterocycles. The summed E-state index contributed by atoms with van der Waals surface area (Å²) in [4.78, 5) is 27.9. The first kappa shape index (κ1) is 22.6. The van der Waals surface area contributed by atoms with Crippen molar-refractivity contribution >= 4 is 11.8 Å². The number of hydrogen-bond donors (Lipinski definition) is 1. The summed E-state index contributed by atoms with van der Waals surface area (Å²) in [5, 5.41) is 3.00. The van der Waals surface area contributed by atoms with Crippen molar-refractivity contribution in [3.8, 4) is 11.5 Å². The highest BCUT2D eigenvalue weighted by molar-refractivity contribution is 5.95. The van der Waals surface area contributed by atoms with Crippen molar-refractivity contribution in [2.75, 3.05) is 47.6 Å². The number of likely N-dealkylation sites (tertiary alicyclic amines) is 1. The number of hydrogen-bond acceptors (Lipinski definition) is 5. The normalized spacial score (nSPS) is 18.0. The Morgan fingerprint density at radius 1 is 1.03 bits per heavy atom. The van der Waals surface area contributed by atoms with Crippen LogP contribution in [0.5, 0.6) is 11.5 Å². The number of nitrogens with one attached hydrogen (secondary N) is 1. The van der Waals surface area contributed by atoms with Gasteiger partial charge in [0.05, 0.1) is 20.1 Å². The lowest BCUT2D eigenvalue weighted by Gasteiger charge is -2.21. The van der Waals surface area contributed by atoms with Gasteiger partial charge >= 0.3 is 0 Å². The number of benzene rings is 2. The predicted octanol–water partition coefficient (Wildman–Crippen LogP) is 2.71. The molecule has 0 radical (unpaired) electrons. The van der Waals surface area contributed by atoms with E-state index in [1.165, 1.54) is 0 Å². The second-order valence-electron chi connectivity index (χ2n) is 7.53. The molecule has 0 aromatic heterocycles. The lowest BCUT2D eigenvalue weighted by molar-refractivity contribution is -0.125. The first-order valence-electron chi connectivity index (χ1n) is 10.4. The Kier molecular flexibility index (Phi) is 7.89. The molecule has 166 valence electrons. The summed E-state index contributed by atoms with van der Waals surface area (Å²) < 4.78 is 16.0. The number of carbonyl (C=O) groups is 2. The van der Waals surface area contributed by atoms with Gasteiger partial charge in [0.1, 0.15) is 11.5 Å². The molecule has 0 saturated carbocycles. The van der Waals surface area contributed by atoms with Crippen LogP contribution < -0.4 is 14.8 Å². The summed E-state index contributed by atoms with van der Waals surface area (Å²) in [6, 6.07) is 14.7. The standard InChI is InChI=1S/C24H30N2O5/c1-29-13-7-12-25-23(27)21-16-26(24(28)17-8-5-4-6-9-17)15-20(21)19-14-18(30-2)10-11-22(19)31-3/h4-6,8-11,14,20-21H,7,12-13,15-16H2,1-3H3,(H,25,27). The minimum Gasteiger partial charge on any atom is -0.497 e. The second-order valence-corrected chi connectivity index (χ2v) is 7.53. The van der Waals surface area contributed by atoms with Crippen molar-refractivity contribution in [1.29, 1.82) is 0 Å². The van der Waals surface area contributed by atoms with Crippen LogP contribution in [0.2, 0.25) is 0 Å². The molecule has 0 bridgehead atoms. The molecule has 1 aliphatic rings. The molecular weight excluding hydrogens is 396 g/mol. The van der Waals surface area contributed by atoms with E-state index < -0.39 is 5.92 Å². The van der Waals surface area contributed by atoms with Crippen LogP contribution in [0.3, 0.4) is 0 Å². The fraction of sp³-hybridized carbons (Fsp3) is 0.417. The van der Waals surface area contributed by atoms with Crippen molar-refractivity contribution in [2.24, 2.45) is 5.92 Å². The molecule has 1 fully saturated rings. The van der Waals surface area contributed by atoms with Gasteiger partial charge in [0.2, 0.25) is 5.91 Å². The smallest absolute Gasteiger partial charge is 0.253 e. The van der Waals surface area contributed by atoms with E-state index in [0.717, 1.165) is 12.0 Å². The number of amides is 2. The number of rotatable bonds is 9. The van der Waals surface area contributed by atoms with Gasteiger partial charge in [-0.05, 0) is 36.8 Å². The van der Waals surface area contributed by atoms with Crippen LogP contribution in [0.15, 0.2) is 48.5 Å². The fourth-order valence-corrected chi connectivity index (χ4v) is 4.00. The maximum atomic E-state index is 13.1. The first-order valence-corrected chi connectivity index (χ1v) is 10.4. The monoisotopic (exact) mass is 426 g/mol. The highest BCUT2D eigenvalue weighted by atomic mass is 16.5. The van der Waals surface area contributed by atoms with Gasteiger partial charge in [0, 0.05) is 50.4 Å². The van der Waals surface area contributed by atoms with Crippen LogP contribution in [-0.2, 0) is 9.53 Å². The van der Waals surface area contributed by atoms with Crippen LogP contribution in [0.1, 0.15) is 28.3 Å². The average molecular weight is 427 g/mol. The SMILES string of the molecule is COCCCNC(=O)C1CN(C(=O)c2ccccc2)CC1c1cc(OC)ccc1OC. The molecule has 7 heteroatoms. The molecule has 7 nitrogen and oxygen atoms in total. The van der Waals surface area contributed by atoms with Gasteiger partial charge in [-0.15, -0.1) is 0 Å². The third-order valence-electron chi connectivity index (χ3n) is 5.63. The molecule has 0 spiro atoms. The van der Waals surface area contributed by atoms with Crippen LogP contribution in [0, 0.1) is 5.92 Å². The molecule has 2 unspecified atom stereocenters. The molecule has 2 aromatic rings. The third-order valence-corrected chi connectivity index (χ3v) is 5.63. The molecule has 31 heavy (non-hydrogen) atoms.